The molecular formula is C4H13N4+. The van der Waals surface area contributed by atoms with Crippen molar-refractivity contribution in [2.24, 2.45) is 17.6 Å². The van der Waals surface area contributed by atoms with Crippen LogP contribution in [0.1, 0.15) is 13.8 Å². The maximum atomic E-state index is 5.05. The first-order chi connectivity index (χ1) is 3.72. The van der Waals surface area contributed by atoms with E-state index in [4.69, 9.17) is 11.7 Å². The maximum Gasteiger partial charge on any atom is 0.285 e. The van der Waals surface area contributed by atoms with Crippen LogP contribution in [0.5, 0.6) is 0 Å². The smallest absolute Gasteiger partial charge is 0.276 e. The van der Waals surface area contributed by atoms with Gasteiger partial charge in [0.15, 0.2) is 0 Å². The first-order valence-corrected chi connectivity index (χ1v) is 2.52. The standard InChI is InChI=1S/C4H12N4/c1-3(2)4(7-5)8-6/h3H,5-6H2,1-2H3,(H,7,8)/p+1. The summed E-state index contributed by atoms with van der Waals surface area (Å²) in [6, 6.07) is 0. The van der Waals surface area contributed by atoms with Crippen LogP contribution in [0.15, 0.2) is 0 Å². The molecule has 0 atom stereocenters. The van der Waals surface area contributed by atoms with Crippen molar-refractivity contribution >= 4 is 5.84 Å². The topological polar surface area (TPSA) is 78.0 Å². The highest BCUT2D eigenvalue weighted by molar-refractivity contribution is 5.77. The Balaban J connectivity index is 3.72. The second-order valence-electron chi connectivity index (χ2n) is 1.86. The van der Waals surface area contributed by atoms with E-state index in [2.05, 4.69) is 10.5 Å². The molecule has 0 spiro atoms. The van der Waals surface area contributed by atoms with Gasteiger partial charge in [-0.1, -0.05) is 13.8 Å². The Bertz CT molecular complexity index is 86.0. The molecule has 0 aromatic carbocycles. The van der Waals surface area contributed by atoms with E-state index >= 15 is 0 Å². The lowest BCUT2D eigenvalue weighted by Gasteiger charge is -1.97. The average Bonchev–Trinajstić information content (AvgIpc) is 1.69. The molecule has 0 heterocycles. The van der Waals surface area contributed by atoms with Crippen molar-refractivity contribution in [2.45, 2.75) is 13.8 Å². The molecular weight excluding hydrogens is 104 g/mol. The Morgan fingerprint density at radius 1 is 1.62 bits per heavy atom. The van der Waals surface area contributed by atoms with Gasteiger partial charge in [-0.15, -0.1) is 0 Å². The van der Waals surface area contributed by atoms with Crippen LogP contribution in [0.3, 0.4) is 0 Å². The third kappa shape index (κ3) is 1.79. The molecule has 0 saturated carbocycles. The van der Waals surface area contributed by atoms with Gasteiger partial charge < -0.3 is 0 Å². The van der Waals surface area contributed by atoms with E-state index in [-0.39, 0.29) is 0 Å². The summed E-state index contributed by atoms with van der Waals surface area (Å²) in [4.78, 5) is 0. The lowest BCUT2D eigenvalue weighted by atomic mass is 10.2. The van der Waals surface area contributed by atoms with Gasteiger partial charge in [0, 0.05) is 0 Å². The van der Waals surface area contributed by atoms with Crippen LogP contribution in [0.2, 0.25) is 0 Å². The van der Waals surface area contributed by atoms with Crippen LogP contribution < -0.4 is 22.2 Å². The van der Waals surface area contributed by atoms with Crippen LogP contribution in [-0.4, -0.2) is 5.84 Å². The van der Waals surface area contributed by atoms with Crippen LogP contribution in [0, 0.1) is 5.92 Å². The van der Waals surface area contributed by atoms with Crippen molar-refractivity contribution in [3.63, 3.8) is 0 Å². The summed E-state index contributed by atoms with van der Waals surface area (Å²) < 4.78 is 0. The van der Waals surface area contributed by atoms with Gasteiger partial charge in [0.25, 0.3) is 5.84 Å². The fourth-order valence-electron chi connectivity index (χ4n) is 0.375. The van der Waals surface area contributed by atoms with Crippen LogP contribution in [0.25, 0.3) is 0 Å². The Kier molecular flexibility index (Phi) is 2.95. The quantitative estimate of drug-likeness (QED) is 0.132. The Morgan fingerprint density at radius 2 is 2.12 bits per heavy atom. The Hall–Kier alpha value is -0.770. The number of hydrazone groups is 1. The van der Waals surface area contributed by atoms with Gasteiger partial charge in [-0.2, -0.15) is 10.9 Å². The minimum Gasteiger partial charge on any atom is -0.276 e. The number of hydrogen-bond donors (Lipinski definition) is 4. The van der Waals surface area contributed by atoms with Gasteiger partial charge in [0.2, 0.25) is 0 Å². The van der Waals surface area contributed by atoms with Crippen molar-refractivity contribution in [3.05, 3.63) is 0 Å². The third-order valence-electron chi connectivity index (χ3n) is 0.888. The zero-order chi connectivity index (χ0) is 6.57. The van der Waals surface area contributed by atoms with Gasteiger partial charge >= 0.3 is 0 Å². The Morgan fingerprint density at radius 3 is 2.12 bits per heavy atom. The average molecular weight is 117 g/mol. The molecule has 0 unspecified atom stereocenters. The number of amidine groups is 1. The number of nitrogens with two attached hydrogens (primary N) is 2. The summed E-state index contributed by atoms with van der Waals surface area (Å²) in [5.41, 5.74) is 2.43. The summed E-state index contributed by atoms with van der Waals surface area (Å²) in [5.74, 6) is 11.2. The van der Waals surface area contributed by atoms with E-state index in [0.29, 0.717) is 5.92 Å². The van der Waals surface area contributed by atoms with E-state index in [1.165, 1.54) is 0 Å². The van der Waals surface area contributed by atoms with E-state index < -0.39 is 0 Å². The summed E-state index contributed by atoms with van der Waals surface area (Å²) >= 11 is 0. The first-order valence-electron chi connectivity index (χ1n) is 2.52. The van der Waals surface area contributed by atoms with Crippen LogP contribution >= 0.6 is 0 Å². The highest BCUT2D eigenvalue weighted by Crippen LogP contribution is 1.84. The lowest BCUT2D eigenvalue weighted by Crippen LogP contribution is -2.84. The number of nitrogens with one attached hydrogen (secondary N) is 2. The van der Waals surface area contributed by atoms with Gasteiger partial charge in [-0.05, 0) is 0 Å². The van der Waals surface area contributed by atoms with Gasteiger partial charge in [0.1, 0.15) is 0 Å². The molecule has 0 aliphatic rings. The molecule has 0 aliphatic carbocycles. The molecule has 4 nitrogen and oxygen atoms in total. The van der Waals surface area contributed by atoms with Gasteiger partial charge in [-0.3, -0.25) is 5.84 Å². The van der Waals surface area contributed by atoms with E-state index in [1.807, 2.05) is 13.8 Å². The van der Waals surface area contributed by atoms with Crippen molar-refractivity contribution in [1.29, 1.82) is 0 Å². The highest BCUT2D eigenvalue weighted by Gasteiger charge is 2.06. The molecule has 0 saturated heterocycles. The number of hydrazine groups is 2. The van der Waals surface area contributed by atoms with Crippen LogP contribution in [-0.2, 0) is 0 Å². The zero-order valence-corrected chi connectivity index (χ0v) is 5.23. The molecule has 0 aromatic heterocycles. The molecule has 0 amide bonds. The molecule has 0 bridgehead atoms. The Labute approximate surface area is 48.9 Å². The van der Waals surface area contributed by atoms with Gasteiger partial charge in [0.05, 0.1) is 5.92 Å². The molecule has 48 valence electrons. The second kappa shape index (κ2) is 3.26. The zero-order valence-electron chi connectivity index (χ0n) is 5.23. The third-order valence-corrected chi connectivity index (χ3v) is 0.888. The maximum absolute atomic E-state index is 5.05. The SMILES string of the molecule is CC(C)C(NN)=[NH+]N. The summed E-state index contributed by atoms with van der Waals surface area (Å²) in [5, 5.41) is 2.43. The first kappa shape index (κ1) is 7.23. The van der Waals surface area contributed by atoms with Gasteiger partial charge in [-0.25, -0.2) is 5.43 Å². The molecule has 8 heavy (non-hydrogen) atoms. The molecule has 0 fully saturated rings. The highest BCUT2D eigenvalue weighted by atomic mass is 15.3. The largest absolute Gasteiger partial charge is 0.285 e. The fourth-order valence-corrected chi connectivity index (χ4v) is 0.375. The van der Waals surface area contributed by atoms with E-state index in [1.54, 1.807) is 0 Å². The van der Waals surface area contributed by atoms with Crippen LogP contribution in [0.4, 0.5) is 0 Å². The molecule has 0 aliphatic heterocycles. The number of hydrogen-bond acceptors (Lipinski definition) is 2. The molecule has 0 radical (unpaired) electrons. The molecule has 0 aromatic rings. The van der Waals surface area contributed by atoms with Crippen molar-refractivity contribution < 1.29 is 5.10 Å². The molecule has 4 heteroatoms. The predicted molar refractivity (Wildman–Crippen MR) is 32.3 cm³/mol. The molecule has 6 N–H and O–H groups in total. The summed E-state index contributed by atoms with van der Waals surface area (Å²) in [6.07, 6.45) is 0. The lowest BCUT2D eigenvalue weighted by molar-refractivity contribution is -0.474. The summed E-state index contributed by atoms with van der Waals surface area (Å²) in [6.45, 7) is 3.96. The normalized spacial score (nSPS) is 12.2. The minimum atomic E-state index is 0.324. The van der Waals surface area contributed by atoms with E-state index in [9.17, 15) is 0 Å². The number of rotatable bonds is 1. The monoisotopic (exact) mass is 117 g/mol. The van der Waals surface area contributed by atoms with E-state index in [0.717, 1.165) is 5.84 Å². The fraction of sp³-hybridized carbons (Fsp3) is 0.750. The summed E-state index contributed by atoms with van der Waals surface area (Å²) in [7, 11) is 0. The van der Waals surface area contributed by atoms with Crippen molar-refractivity contribution in [1.82, 2.24) is 5.43 Å². The second-order valence-corrected chi connectivity index (χ2v) is 1.86. The minimum absolute atomic E-state index is 0.324. The van der Waals surface area contributed by atoms with Crippen molar-refractivity contribution in [2.75, 3.05) is 0 Å². The molecule has 0 rings (SSSR count). The van der Waals surface area contributed by atoms with Crippen molar-refractivity contribution in [3.8, 4) is 0 Å². The predicted octanol–water partition coefficient (Wildman–Crippen LogP) is -2.54.